The van der Waals surface area contributed by atoms with Crippen molar-refractivity contribution in [3.63, 3.8) is 0 Å². The Labute approximate surface area is 210 Å². The summed E-state index contributed by atoms with van der Waals surface area (Å²) in [7, 11) is 0. The third-order valence-corrected chi connectivity index (χ3v) is 7.79. The first-order valence-corrected chi connectivity index (χ1v) is 12.3. The summed E-state index contributed by atoms with van der Waals surface area (Å²) in [5, 5.41) is 2.89. The van der Waals surface area contributed by atoms with Crippen LogP contribution >= 0.6 is 11.6 Å². The molecule has 3 heterocycles. The average Bonchev–Trinajstić information content (AvgIpc) is 3.33. The number of benzene rings is 1. The number of hydrogen-bond donors (Lipinski definition) is 2. The first kappa shape index (κ1) is 24.6. The van der Waals surface area contributed by atoms with E-state index in [1.165, 1.54) is 16.1 Å². The number of halogens is 4. The van der Waals surface area contributed by atoms with E-state index in [1.54, 1.807) is 0 Å². The summed E-state index contributed by atoms with van der Waals surface area (Å²) in [6.07, 6.45) is 3.63. The lowest BCUT2D eigenvalue weighted by atomic mass is 9.67. The number of hydrogen-bond acceptors (Lipinski definition) is 4. The molecule has 2 aliphatic heterocycles. The van der Waals surface area contributed by atoms with Crippen LogP contribution in [0.25, 0.3) is 0 Å². The van der Waals surface area contributed by atoms with Gasteiger partial charge in [0, 0.05) is 24.1 Å². The number of amides is 3. The van der Waals surface area contributed by atoms with Crippen molar-refractivity contribution >= 4 is 35.0 Å². The standard InChI is InChI=1S/C24H25ClF3N5O3/c25-15-8-16(27)17(28)9-18(15)33-7-1-4-24(23(33)36)5-2-14(3-6-24)31-21(34)19-20(30-12-29-19)22(35)32-10-13(26)11-32/h8-9,12-14H,1-7,10-11H2,(H,29,30)(H,31,34). The van der Waals surface area contributed by atoms with Gasteiger partial charge in [0.25, 0.3) is 11.8 Å². The molecule has 1 spiro atoms. The highest BCUT2D eigenvalue weighted by atomic mass is 35.5. The molecule has 0 unspecified atom stereocenters. The SMILES string of the molecule is O=C(NC1CCC2(CCCN(c3cc(F)c(F)cc3Cl)C2=O)CC1)c1[nH]cnc1C(=O)N1CC(F)C1. The number of alkyl halides is 1. The zero-order chi connectivity index (χ0) is 25.6. The average molecular weight is 524 g/mol. The molecule has 192 valence electrons. The summed E-state index contributed by atoms with van der Waals surface area (Å²) in [4.78, 5) is 48.2. The van der Waals surface area contributed by atoms with Crippen molar-refractivity contribution < 1.29 is 27.6 Å². The number of nitrogens with zero attached hydrogens (tertiary/aromatic N) is 3. The molecule has 0 atom stereocenters. The molecule has 1 aliphatic carbocycles. The van der Waals surface area contributed by atoms with E-state index in [-0.39, 0.29) is 47.1 Å². The van der Waals surface area contributed by atoms with E-state index in [9.17, 15) is 27.6 Å². The number of rotatable bonds is 4. The first-order chi connectivity index (χ1) is 17.2. The van der Waals surface area contributed by atoms with Gasteiger partial charge in [0.15, 0.2) is 17.3 Å². The summed E-state index contributed by atoms with van der Waals surface area (Å²) >= 11 is 6.13. The van der Waals surface area contributed by atoms with Crippen LogP contribution in [0.5, 0.6) is 0 Å². The van der Waals surface area contributed by atoms with Crippen LogP contribution in [0.2, 0.25) is 5.02 Å². The molecule has 1 aromatic heterocycles. The fourth-order valence-corrected chi connectivity index (χ4v) is 5.68. The van der Waals surface area contributed by atoms with Crippen molar-refractivity contribution in [3.05, 3.63) is 46.5 Å². The zero-order valence-corrected chi connectivity index (χ0v) is 20.1. The fraction of sp³-hybridized carbons (Fsp3) is 0.500. The van der Waals surface area contributed by atoms with Crippen LogP contribution in [0.1, 0.15) is 59.5 Å². The second kappa shape index (κ2) is 9.42. The molecule has 3 aliphatic rings. The molecule has 2 saturated heterocycles. The number of aromatic nitrogens is 2. The van der Waals surface area contributed by atoms with Crippen LogP contribution in [-0.4, -0.2) is 64.4 Å². The van der Waals surface area contributed by atoms with E-state index in [4.69, 9.17) is 11.6 Å². The number of nitrogens with one attached hydrogen (secondary N) is 2. The van der Waals surface area contributed by atoms with Crippen LogP contribution < -0.4 is 10.2 Å². The van der Waals surface area contributed by atoms with Crippen LogP contribution in [0, 0.1) is 17.0 Å². The lowest BCUT2D eigenvalue weighted by Gasteiger charge is -2.45. The second-order valence-corrected chi connectivity index (χ2v) is 10.1. The zero-order valence-electron chi connectivity index (χ0n) is 19.3. The molecule has 2 aromatic rings. The molecule has 0 bridgehead atoms. The van der Waals surface area contributed by atoms with Crippen LogP contribution in [-0.2, 0) is 4.79 Å². The number of aromatic amines is 1. The summed E-state index contributed by atoms with van der Waals surface area (Å²) in [5.74, 6) is -3.30. The molecule has 5 rings (SSSR count). The maximum absolute atomic E-state index is 13.9. The fourth-order valence-electron chi connectivity index (χ4n) is 5.43. The van der Waals surface area contributed by atoms with E-state index in [0.717, 1.165) is 12.1 Å². The number of carbonyl (C=O) groups is 3. The predicted molar refractivity (Wildman–Crippen MR) is 124 cm³/mol. The van der Waals surface area contributed by atoms with E-state index in [2.05, 4.69) is 15.3 Å². The maximum atomic E-state index is 13.9. The molecule has 8 nitrogen and oxygen atoms in total. The molecular formula is C24H25ClF3N5O3. The van der Waals surface area contributed by atoms with E-state index < -0.39 is 35.0 Å². The third-order valence-electron chi connectivity index (χ3n) is 7.49. The minimum atomic E-state index is -1.07. The Morgan fingerprint density at radius 2 is 1.83 bits per heavy atom. The van der Waals surface area contributed by atoms with Crippen molar-refractivity contribution in [2.24, 2.45) is 5.41 Å². The van der Waals surface area contributed by atoms with Crippen molar-refractivity contribution in [3.8, 4) is 0 Å². The monoisotopic (exact) mass is 523 g/mol. The van der Waals surface area contributed by atoms with Gasteiger partial charge in [0.05, 0.1) is 30.1 Å². The van der Waals surface area contributed by atoms with Gasteiger partial charge < -0.3 is 20.1 Å². The van der Waals surface area contributed by atoms with E-state index in [0.29, 0.717) is 45.1 Å². The smallest absolute Gasteiger partial charge is 0.275 e. The molecule has 12 heteroatoms. The Bertz CT molecular complexity index is 1210. The van der Waals surface area contributed by atoms with Gasteiger partial charge in [0.1, 0.15) is 11.9 Å². The van der Waals surface area contributed by atoms with Crippen LogP contribution in [0.4, 0.5) is 18.9 Å². The van der Waals surface area contributed by atoms with E-state index >= 15 is 0 Å². The van der Waals surface area contributed by atoms with Gasteiger partial charge in [-0.15, -0.1) is 0 Å². The largest absolute Gasteiger partial charge is 0.348 e. The van der Waals surface area contributed by atoms with Crippen LogP contribution in [0.15, 0.2) is 18.5 Å². The predicted octanol–water partition coefficient (Wildman–Crippen LogP) is 3.62. The van der Waals surface area contributed by atoms with Crippen molar-refractivity contribution in [2.45, 2.75) is 50.7 Å². The van der Waals surface area contributed by atoms with Gasteiger partial charge in [-0.1, -0.05) is 11.6 Å². The minimum absolute atomic E-state index is 0.0156. The summed E-state index contributed by atoms with van der Waals surface area (Å²) in [6.45, 7) is 0.332. The van der Waals surface area contributed by atoms with E-state index in [1.807, 2.05) is 0 Å². The van der Waals surface area contributed by atoms with Crippen LogP contribution in [0.3, 0.4) is 0 Å². The Kier molecular flexibility index (Phi) is 6.44. The normalized spacial score (nSPS) is 24.7. The Balaban J connectivity index is 1.23. The number of carbonyl (C=O) groups excluding carboxylic acids is 3. The van der Waals surface area contributed by atoms with Crippen molar-refractivity contribution in [1.82, 2.24) is 20.2 Å². The lowest BCUT2D eigenvalue weighted by Crippen LogP contribution is -2.53. The maximum Gasteiger partial charge on any atom is 0.275 e. The molecule has 36 heavy (non-hydrogen) atoms. The Morgan fingerprint density at radius 3 is 2.53 bits per heavy atom. The molecule has 1 saturated carbocycles. The third kappa shape index (κ3) is 4.33. The van der Waals surface area contributed by atoms with Gasteiger partial charge in [-0.2, -0.15) is 0 Å². The molecule has 1 aromatic carbocycles. The molecular weight excluding hydrogens is 499 g/mol. The number of imidazole rings is 1. The van der Waals surface area contributed by atoms with Gasteiger partial charge in [-0.25, -0.2) is 18.2 Å². The summed E-state index contributed by atoms with van der Waals surface area (Å²) in [6, 6.07) is 1.61. The number of H-pyrrole nitrogens is 1. The summed E-state index contributed by atoms with van der Waals surface area (Å²) in [5.41, 5.74) is -0.528. The molecule has 0 radical (unpaired) electrons. The Morgan fingerprint density at radius 1 is 1.14 bits per heavy atom. The minimum Gasteiger partial charge on any atom is -0.348 e. The quantitative estimate of drug-likeness (QED) is 0.598. The summed E-state index contributed by atoms with van der Waals surface area (Å²) < 4.78 is 40.5. The number of piperidine rings is 1. The number of anilines is 1. The van der Waals surface area contributed by atoms with Gasteiger partial charge >= 0.3 is 0 Å². The molecule has 3 fully saturated rings. The van der Waals surface area contributed by atoms with Gasteiger partial charge in [0.2, 0.25) is 5.91 Å². The van der Waals surface area contributed by atoms with Crippen molar-refractivity contribution in [1.29, 1.82) is 0 Å². The highest BCUT2D eigenvalue weighted by Crippen LogP contribution is 2.46. The van der Waals surface area contributed by atoms with Gasteiger partial charge in [-0.05, 0) is 44.6 Å². The first-order valence-electron chi connectivity index (χ1n) is 11.9. The van der Waals surface area contributed by atoms with Crippen molar-refractivity contribution in [2.75, 3.05) is 24.5 Å². The molecule has 3 amide bonds. The molecule has 2 N–H and O–H groups in total. The van der Waals surface area contributed by atoms with Gasteiger partial charge in [-0.3, -0.25) is 14.4 Å². The highest BCUT2D eigenvalue weighted by molar-refractivity contribution is 6.33. The number of likely N-dealkylation sites (tertiary alicyclic amines) is 1. The topological polar surface area (TPSA) is 98.4 Å². The second-order valence-electron chi connectivity index (χ2n) is 9.74. The lowest BCUT2D eigenvalue weighted by molar-refractivity contribution is -0.132. The highest BCUT2D eigenvalue weighted by Gasteiger charge is 2.47. The Hall–Kier alpha value is -3.08.